The number of amides is 4. The highest BCUT2D eigenvalue weighted by molar-refractivity contribution is 6.10. The number of rotatable bonds is 11. The average molecular weight is 899 g/mol. The van der Waals surface area contributed by atoms with Gasteiger partial charge in [-0.3, -0.25) is 33.9 Å². The van der Waals surface area contributed by atoms with Crippen LogP contribution in [0.3, 0.4) is 0 Å². The van der Waals surface area contributed by atoms with Gasteiger partial charge >= 0.3 is 23.9 Å². The summed E-state index contributed by atoms with van der Waals surface area (Å²) in [5.41, 5.74) is 0.695. The Morgan fingerprint density at radius 2 is 1.49 bits per heavy atom. The van der Waals surface area contributed by atoms with Crippen molar-refractivity contribution in [2.75, 3.05) is 34.2 Å². The van der Waals surface area contributed by atoms with E-state index in [9.17, 15) is 28.8 Å². The first-order valence-corrected chi connectivity index (χ1v) is 20.3. The minimum Gasteiger partial charge on any atom is -0.494 e. The number of carbonyl (C=O) groups is 6. The van der Waals surface area contributed by atoms with E-state index >= 15 is 8.78 Å². The zero-order valence-electron chi connectivity index (χ0n) is 38.2. The quantitative estimate of drug-likeness (QED) is 0.101. The van der Waals surface area contributed by atoms with Crippen LogP contribution in [0.2, 0.25) is 0 Å². The molecule has 4 amide bonds. The van der Waals surface area contributed by atoms with Gasteiger partial charge in [0.2, 0.25) is 5.54 Å². The average Bonchev–Trinajstić information content (AvgIpc) is 3.64. The molecule has 2 aliphatic heterocycles. The van der Waals surface area contributed by atoms with Crippen LogP contribution in [0.1, 0.15) is 89.5 Å². The summed E-state index contributed by atoms with van der Waals surface area (Å²) in [7, 11) is 2.76. The Labute approximate surface area is 375 Å². The number of aliphatic imine (C=N–C) groups is 1. The lowest BCUT2D eigenvalue weighted by molar-refractivity contribution is -0.160. The Kier molecular flexibility index (Phi) is 13.9. The molecule has 2 aliphatic rings. The topological polar surface area (TPSA) is 200 Å². The lowest BCUT2D eigenvalue weighted by Crippen LogP contribution is -2.57. The third kappa shape index (κ3) is 10.1. The third-order valence-corrected chi connectivity index (χ3v) is 10.1. The van der Waals surface area contributed by atoms with E-state index in [2.05, 4.69) is 21.8 Å². The molecule has 1 saturated heterocycles. The van der Waals surface area contributed by atoms with E-state index < -0.39 is 89.2 Å². The fourth-order valence-electron chi connectivity index (χ4n) is 6.39. The van der Waals surface area contributed by atoms with E-state index in [1.807, 2.05) is 0 Å². The van der Waals surface area contributed by atoms with Crippen molar-refractivity contribution in [3.63, 3.8) is 0 Å². The number of nitrogens with zero attached hydrogens (tertiary/aromatic N) is 5. The SMILES string of the molecule is CN=CC(=CN)c1ccc(OC(=O)C(C)(C)C)c(-c2ccc(C#C[C@@]3(CN4Cc5ccc(OC)c(F)c5C4=O)C(=O)N(COC(=O)C(C)(C)C)C(=O)N3COC(=O)C(C)(C)C)cc2F)n1. The highest BCUT2D eigenvalue weighted by atomic mass is 19.1. The van der Waals surface area contributed by atoms with Crippen LogP contribution in [0.4, 0.5) is 13.6 Å². The molecule has 3 heterocycles. The van der Waals surface area contributed by atoms with Gasteiger partial charge in [-0.05, 0) is 104 Å². The van der Waals surface area contributed by atoms with Crippen molar-refractivity contribution < 1.29 is 56.5 Å². The number of nitrogens with two attached hydrogens (primary N) is 1. The van der Waals surface area contributed by atoms with Crippen molar-refractivity contribution in [2.24, 2.45) is 27.0 Å². The second-order valence-electron chi connectivity index (χ2n) is 18.3. The first-order chi connectivity index (χ1) is 30.3. The summed E-state index contributed by atoms with van der Waals surface area (Å²) < 4.78 is 53.8. The molecule has 0 bridgehead atoms. The standard InChI is InChI=1S/C47H52F2N6O10/c1-44(2,3)40(58)63-25-54-39(57)47(55(43(54)61)26-64-41(59)45(4,5)6,24-53-23-28-13-16-33(62-11)36(49)35(28)38(53)56)19-18-27-12-14-30(31(48)20-27)37-34(65-42(60)46(7,8)9)17-15-32(52-37)29(21-50)22-51-10/h12-17,20-22H,23-26,50H2,1-11H3/t47-/m1/s1. The first-order valence-electron chi connectivity index (χ1n) is 20.3. The van der Waals surface area contributed by atoms with Crippen molar-refractivity contribution in [3.05, 3.63) is 82.7 Å². The van der Waals surface area contributed by atoms with Crippen molar-refractivity contribution in [1.29, 1.82) is 0 Å². The van der Waals surface area contributed by atoms with Gasteiger partial charge in [-0.25, -0.2) is 23.5 Å². The fourth-order valence-corrected chi connectivity index (χ4v) is 6.39. The van der Waals surface area contributed by atoms with E-state index in [4.69, 9.17) is 24.7 Å². The van der Waals surface area contributed by atoms with Gasteiger partial charge in [0.1, 0.15) is 11.5 Å². The van der Waals surface area contributed by atoms with Gasteiger partial charge in [0, 0.05) is 42.7 Å². The molecule has 0 aliphatic carbocycles. The molecule has 0 spiro atoms. The number of allylic oxidation sites excluding steroid dienone is 1. The smallest absolute Gasteiger partial charge is 0.334 e. The number of aromatic nitrogens is 1. The van der Waals surface area contributed by atoms with Crippen molar-refractivity contribution in [1.82, 2.24) is 19.7 Å². The zero-order chi connectivity index (χ0) is 48.4. The number of benzene rings is 2. The maximum absolute atomic E-state index is 16.5. The summed E-state index contributed by atoms with van der Waals surface area (Å²) in [5.74, 6) is -0.691. The summed E-state index contributed by atoms with van der Waals surface area (Å²) in [5, 5.41) is 0. The largest absolute Gasteiger partial charge is 0.494 e. The van der Waals surface area contributed by atoms with Gasteiger partial charge in [-0.2, -0.15) is 0 Å². The molecule has 0 radical (unpaired) electrons. The van der Waals surface area contributed by atoms with Gasteiger partial charge in [0.15, 0.2) is 30.8 Å². The Balaban J connectivity index is 1.67. The number of esters is 3. The zero-order valence-corrected chi connectivity index (χ0v) is 38.2. The molecular weight excluding hydrogens is 847 g/mol. The van der Waals surface area contributed by atoms with Crippen molar-refractivity contribution in [2.45, 2.75) is 74.4 Å². The van der Waals surface area contributed by atoms with E-state index in [-0.39, 0.29) is 51.7 Å². The van der Waals surface area contributed by atoms with Gasteiger partial charge < -0.3 is 29.6 Å². The number of hydrogen-bond acceptors (Lipinski definition) is 13. The molecule has 3 aromatic rings. The molecule has 5 rings (SSSR count). The maximum Gasteiger partial charge on any atom is 0.334 e. The minimum absolute atomic E-state index is 0.0491. The van der Waals surface area contributed by atoms with Gasteiger partial charge in [0.25, 0.3) is 11.8 Å². The van der Waals surface area contributed by atoms with Crippen LogP contribution in [-0.4, -0.2) is 101 Å². The summed E-state index contributed by atoms with van der Waals surface area (Å²) >= 11 is 0. The summed E-state index contributed by atoms with van der Waals surface area (Å²) in [6.45, 7) is 11.6. The highest BCUT2D eigenvalue weighted by Gasteiger charge is 2.59. The predicted octanol–water partition coefficient (Wildman–Crippen LogP) is 6.09. The molecule has 1 atom stereocenters. The van der Waals surface area contributed by atoms with Crippen molar-refractivity contribution in [3.8, 4) is 34.6 Å². The number of carbonyl (C=O) groups excluding carboxylic acids is 6. The molecule has 65 heavy (non-hydrogen) atoms. The van der Waals surface area contributed by atoms with E-state index in [1.54, 1.807) is 62.3 Å². The number of hydrogen-bond donors (Lipinski definition) is 1. The van der Waals surface area contributed by atoms with Crippen LogP contribution in [0.5, 0.6) is 11.5 Å². The van der Waals surface area contributed by atoms with E-state index in [1.165, 1.54) is 63.0 Å². The van der Waals surface area contributed by atoms with Crippen LogP contribution in [-0.2, 0) is 35.2 Å². The monoisotopic (exact) mass is 898 g/mol. The highest BCUT2D eigenvalue weighted by Crippen LogP contribution is 2.37. The molecule has 16 nitrogen and oxygen atoms in total. The van der Waals surface area contributed by atoms with Crippen LogP contribution < -0.4 is 15.2 Å². The Morgan fingerprint density at radius 3 is 2.06 bits per heavy atom. The number of fused-ring (bicyclic) bond motifs is 1. The number of ether oxygens (including phenoxy) is 4. The third-order valence-electron chi connectivity index (χ3n) is 10.1. The van der Waals surface area contributed by atoms with Crippen LogP contribution in [0, 0.1) is 39.7 Å². The van der Waals surface area contributed by atoms with Crippen LogP contribution in [0.25, 0.3) is 16.8 Å². The molecule has 2 N–H and O–H groups in total. The molecule has 0 unspecified atom stereocenters. The number of urea groups is 1. The van der Waals surface area contributed by atoms with E-state index in [0.29, 0.717) is 10.5 Å². The Hall–Kier alpha value is -7.16. The molecular formula is C47H52F2N6O10. The lowest BCUT2D eigenvalue weighted by atomic mass is 9.96. The Morgan fingerprint density at radius 1 is 0.877 bits per heavy atom. The molecule has 1 aromatic heterocycles. The number of imide groups is 1. The second kappa shape index (κ2) is 18.5. The normalized spacial score (nSPS) is 16.7. The lowest BCUT2D eigenvalue weighted by Gasteiger charge is -2.34. The molecule has 18 heteroatoms. The van der Waals surface area contributed by atoms with Gasteiger partial charge in [0.05, 0.1) is 41.2 Å². The minimum atomic E-state index is -2.41. The molecule has 0 saturated carbocycles. The summed E-state index contributed by atoms with van der Waals surface area (Å²) in [6.07, 6.45) is 2.70. The van der Waals surface area contributed by atoms with E-state index in [0.717, 1.165) is 15.9 Å². The van der Waals surface area contributed by atoms with Crippen LogP contribution >= 0.6 is 0 Å². The number of methoxy groups -OCH3 is 1. The van der Waals surface area contributed by atoms with Gasteiger partial charge in [-0.1, -0.05) is 17.9 Å². The first kappa shape index (κ1) is 48.9. The number of halogens is 2. The predicted molar refractivity (Wildman–Crippen MR) is 234 cm³/mol. The van der Waals surface area contributed by atoms with Crippen LogP contribution in [0.15, 0.2) is 53.7 Å². The molecule has 344 valence electrons. The molecule has 2 aromatic carbocycles. The molecule has 1 fully saturated rings. The summed E-state index contributed by atoms with van der Waals surface area (Å²) in [4.78, 5) is 93.1. The Bertz CT molecular complexity index is 2580. The second-order valence-corrected chi connectivity index (χ2v) is 18.3. The maximum atomic E-state index is 16.5. The number of pyridine rings is 1. The summed E-state index contributed by atoms with van der Waals surface area (Å²) in [6, 6.07) is 8.38. The van der Waals surface area contributed by atoms with Crippen molar-refractivity contribution >= 4 is 47.5 Å². The van der Waals surface area contributed by atoms with Gasteiger partial charge in [-0.15, -0.1) is 0 Å². The fraction of sp³-hybridized carbons (Fsp3) is 0.404.